The quantitative estimate of drug-likeness (QED) is 0.591. The van der Waals surface area contributed by atoms with Crippen LogP contribution in [0.15, 0.2) is 22.5 Å². The van der Waals surface area contributed by atoms with E-state index >= 15 is 0 Å². The summed E-state index contributed by atoms with van der Waals surface area (Å²) in [6.07, 6.45) is 0. The highest BCUT2D eigenvalue weighted by molar-refractivity contribution is 8.01. The van der Waals surface area contributed by atoms with Crippen LogP contribution in [0.1, 0.15) is 6.92 Å². The fourth-order valence-corrected chi connectivity index (χ4v) is 3.53. The molecule has 0 fully saturated rings. The molecule has 8 heteroatoms. The molecule has 0 bridgehead atoms. The van der Waals surface area contributed by atoms with Gasteiger partial charge >= 0.3 is 0 Å². The predicted octanol–water partition coefficient (Wildman–Crippen LogP) is 4.45. The van der Waals surface area contributed by atoms with Crippen LogP contribution in [0, 0.1) is 0 Å². The summed E-state index contributed by atoms with van der Waals surface area (Å²) < 4.78 is 6.52. The SMILES string of the molecule is CCNc1nnc(SCCOc2ccc(Cl)cc2Cl)s1. The standard InChI is InChI=1S/C12H13Cl2N3OS2/c1-2-15-11-16-17-12(20-11)19-6-5-18-10-4-3-8(13)7-9(10)14/h3-4,7H,2,5-6H2,1H3,(H,15,16). The van der Waals surface area contributed by atoms with Crippen LogP contribution in [0.5, 0.6) is 5.75 Å². The maximum atomic E-state index is 6.02. The van der Waals surface area contributed by atoms with Crippen molar-refractivity contribution in [1.82, 2.24) is 10.2 Å². The normalized spacial score (nSPS) is 10.6. The van der Waals surface area contributed by atoms with E-state index < -0.39 is 0 Å². The first kappa shape index (κ1) is 15.7. The lowest BCUT2D eigenvalue weighted by Crippen LogP contribution is -2.00. The lowest BCUT2D eigenvalue weighted by atomic mass is 10.3. The summed E-state index contributed by atoms with van der Waals surface area (Å²) in [7, 11) is 0. The van der Waals surface area contributed by atoms with Gasteiger partial charge in [-0.2, -0.15) is 0 Å². The number of nitrogens with zero attached hydrogens (tertiary/aromatic N) is 2. The monoisotopic (exact) mass is 349 g/mol. The van der Waals surface area contributed by atoms with E-state index in [9.17, 15) is 0 Å². The number of anilines is 1. The molecule has 2 aromatic rings. The molecule has 1 heterocycles. The van der Waals surface area contributed by atoms with Crippen molar-refractivity contribution in [1.29, 1.82) is 0 Å². The molecule has 108 valence electrons. The molecule has 0 saturated carbocycles. The van der Waals surface area contributed by atoms with Gasteiger partial charge in [-0.05, 0) is 25.1 Å². The van der Waals surface area contributed by atoms with Gasteiger partial charge in [0, 0.05) is 17.3 Å². The highest BCUT2D eigenvalue weighted by Gasteiger charge is 2.05. The van der Waals surface area contributed by atoms with Crippen LogP contribution < -0.4 is 10.1 Å². The van der Waals surface area contributed by atoms with E-state index in [0.717, 1.165) is 21.8 Å². The molecule has 4 nitrogen and oxygen atoms in total. The summed E-state index contributed by atoms with van der Waals surface area (Å²) in [5.74, 6) is 1.42. The number of benzene rings is 1. The van der Waals surface area contributed by atoms with Crippen molar-refractivity contribution in [3.8, 4) is 5.75 Å². The zero-order valence-corrected chi connectivity index (χ0v) is 13.9. The Morgan fingerprint density at radius 3 is 2.95 bits per heavy atom. The Morgan fingerprint density at radius 2 is 2.20 bits per heavy atom. The van der Waals surface area contributed by atoms with Crippen LogP contribution in [0.3, 0.4) is 0 Å². The van der Waals surface area contributed by atoms with Gasteiger partial charge < -0.3 is 10.1 Å². The van der Waals surface area contributed by atoms with Crippen molar-refractivity contribution in [3.63, 3.8) is 0 Å². The molecule has 0 atom stereocenters. The average molecular weight is 350 g/mol. The van der Waals surface area contributed by atoms with E-state index in [1.54, 1.807) is 30.0 Å². The van der Waals surface area contributed by atoms with Gasteiger partial charge in [-0.25, -0.2) is 0 Å². The van der Waals surface area contributed by atoms with Gasteiger partial charge in [0.15, 0.2) is 4.34 Å². The van der Waals surface area contributed by atoms with Gasteiger partial charge in [0.2, 0.25) is 5.13 Å². The first-order valence-corrected chi connectivity index (χ1v) is 8.53. The van der Waals surface area contributed by atoms with Crippen molar-refractivity contribution in [2.75, 3.05) is 24.2 Å². The third kappa shape index (κ3) is 4.70. The first-order valence-electron chi connectivity index (χ1n) is 5.97. The van der Waals surface area contributed by atoms with Gasteiger partial charge in [0.1, 0.15) is 5.75 Å². The molecule has 1 N–H and O–H groups in total. The van der Waals surface area contributed by atoms with Crippen LogP contribution in [0.4, 0.5) is 5.13 Å². The highest BCUT2D eigenvalue weighted by Crippen LogP contribution is 2.28. The predicted molar refractivity (Wildman–Crippen MR) is 86.8 cm³/mol. The summed E-state index contributed by atoms with van der Waals surface area (Å²) in [4.78, 5) is 0. The van der Waals surface area contributed by atoms with E-state index in [2.05, 4.69) is 15.5 Å². The van der Waals surface area contributed by atoms with Crippen LogP contribution in [-0.4, -0.2) is 29.1 Å². The summed E-state index contributed by atoms with van der Waals surface area (Å²) in [6, 6.07) is 5.19. The van der Waals surface area contributed by atoms with Crippen molar-refractivity contribution in [2.24, 2.45) is 0 Å². The molecule has 1 aromatic heterocycles. The van der Waals surface area contributed by atoms with E-state index in [1.165, 1.54) is 11.3 Å². The second kappa shape index (κ2) is 7.93. The molecule has 0 aliphatic heterocycles. The molecule has 0 aliphatic rings. The van der Waals surface area contributed by atoms with Gasteiger partial charge in [-0.1, -0.05) is 46.3 Å². The van der Waals surface area contributed by atoms with Crippen LogP contribution in [-0.2, 0) is 0 Å². The Kier molecular flexibility index (Phi) is 6.22. The average Bonchev–Trinajstić information content (AvgIpc) is 2.85. The molecule has 2 rings (SSSR count). The van der Waals surface area contributed by atoms with E-state index in [0.29, 0.717) is 22.4 Å². The Balaban J connectivity index is 1.75. The van der Waals surface area contributed by atoms with E-state index in [-0.39, 0.29) is 0 Å². The smallest absolute Gasteiger partial charge is 0.206 e. The number of thioether (sulfide) groups is 1. The molecule has 0 aliphatic carbocycles. The number of ether oxygens (including phenoxy) is 1. The molecule has 0 amide bonds. The third-order valence-corrected chi connectivity index (χ3v) is 4.70. The van der Waals surface area contributed by atoms with Crippen molar-refractivity contribution in [2.45, 2.75) is 11.3 Å². The lowest BCUT2D eigenvalue weighted by Gasteiger charge is -2.07. The number of halogens is 2. The van der Waals surface area contributed by atoms with Gasteiger partial charge in [-0.3, -0.25) is 0 Å². The van der Waals surface area contributed by atoms with Crippen LogP contribution in [0.2, 0.25) is 10.0 Å². The summed E-state index contributed by atoms with van der Waals surface area (Å²) >= 11 is 15.0. The van der Waals surface area contributed by atoms with Crippen LogP contribution >= 0.6 is 46.3 Å². The molecular formula is C12H13Cl2N3OS2. The minimum absolute atomic E-state index is 0.521. The fourth-order valence-electron chi connectivity index (χ4n) is 1.36. The molecular weight excluding hydrogens is 337 g/mol. The molecule has 0 unspecified atom stereocenters. The summed E-state index contributed by atoms with van der Waals surface area (Å²) in [6.45, 7) is 3.41. The van der Waals surface area contributed by atoms with E-state index in [1.807, 2.05) is 6.92 Å². The van der Waals surface area contributed by atoms with Gasteiger partial charge in [0.05, 0.1) is 11.6 Å². The third-order valence-electron chi connectivity index (χ3n) is 2.19. The van der Waals surface area contributed by atoms with Crippen molar-refractivity contribution in [3.05, 3.63) is 28.2 Å². The molecule has 0 spiro atoms. The molecule has 20 heavy (non-hydrogen) atoms. The van der Waals surface area contributed by atoms with E-state index in [4.69, 9.17) is 27.9 Å². The number of nitrogens with one attached hydrogen (secondary N) is 1. The number of hydrogen-bond acceptors (Lipinski definition) is 6. The zero-order valence-electron chi connectivity index (χ0n) is 10.7. The molecule has 1 aromatic carbocycles. The molecule has 0 radical (unpaired) electrons. The number of rotatable bonds is 7. The summed E-state index contributed by atoms with van der Waals surface area (Å²) in [5, 5.41) is 13.2. The minimum Gasteiger partial charge on any atom is -0.491 e. The fraction of sp³-hybridized carbons (Fsp3) is 0.333. The largest absolute Gasteiger partial charge is 0.491 e. The Morgan fingerprint density at radius 1 is 1.35 bits per heavy atom. The maximum Gasteiger partial charge on any atom is 0.206 e. The summed E-state index contributed by atoms with van der Waals surface area (Å²) in [5.41, 5.74) is 0. The zero-order chi connectivity index (χ0) is 14.4. The number of hydrogen-bond donors (Lipinski definition) is 1. The van der Waals surface area contributed by atoms with Gasteiger partial charge in [0.25, 0.3) is 0 Å². The highest BCUT2D eigenvalue weighted by atomic mass is 35.5. The topological polar surface area (TPSA) is 47.0 Å². The van der Waals surface area contributed by atoms with Crippen molar-refractivity contribution >= 4 is 51.4 Å². The Hall–Kier alpha value is -0.690. The Labute approximate surface area is 135 Å². The second-order valence-electron chi connectivity index (χ2n) is 3.68. The first-order chi connectivity index (χ1) is 9.69. The lowest BCUT2D eigenvalue weighted by molar-refractivity contribution is 0.344. The Bertz CT molecular complexity index is 565. The second-order valence-corrected chi connectivity index (χ2v) is 6.84. The minimum atomic E-state index is 0.521. The number of aromatic nitrogens is 2. The van der Waals surface area contributed by atoms with Crippen LogP contribution in [0.25, 0.3) is 0 Å². The molecule has 0 saturated heterocycles. The van der Waals surface area contributed by atoms with Gasteiger partial charge in [-0.15, -0.1) is 10.2 Å². The maximum absolute atomic E-state index is 6.02. The van der Waals surface area contributed by atoms with Crippen molar-refractivity contribution < 1.29 is 4.74 Å².